The van der Waals surface area contributed by atoms with E-state index < -0.39 is 17.6 Å². The first kappa shape index (κ1) is 21.9. The number of benzene rings is 2. The van der Waals surface area contributed by atoms with E-state index in [1.807, 2.05) is 12.1 Å². The molecule has 2 aromatic rings. The Morgan fingerprint density at radius 3 is 2.60 bits per heavy atom. The van der Waals surface area contributed by atoms with E-state index in [2.05, 4.69) is 15.6 Å². The summed E-state index contributed by atoms with van der Waals surface area (Å²) in [5, 5.41) is 5.62. The fraction of sp³-hybridized carbons (Fsp3) is 0.250. The van der Waals surface area contributed by atoms with Gasteiger partial charge in [-0.25, -0.2) is 4.39 Å². The predicted octanol–water partition coefficient (Wildman–Crippen LogP) is 2.56. The van der Waals surface area contributed by atoms with Crippen LogP contribution in [0.15, 0.2) is 41.4 Å². The van der Waals surface area contributed by atoms with Crippen LogP contribution in [0.25, 0.3) is 0 Å². The minimum atomic E-state index is -0.915. The fourth-order valence-corrected chi connectivity index (χ4v) is 3.93. The highest BCUT2D eigenvalue weighted by molar-refractivity contribution is 6.39. The highest BCUT2D eigenvalue weighted by atomic mass is 35.5. The van der Waals surface area contributed by atoms with Crippen LogP contribution in [-0.4, -0.2) is 30.4 Å². The molecule has 0 fully saturated rings. The number of anilines is 1. The summed E-state index contributed by atoms with van der Waals surface area (Å²) in [4.78, 5) is 28.8. The molecule has 30 heavy (non-hydrogen) atoms. The molecule has 158 valence electrons. The zero-order chi connectivity index (χ0) is 21.8. The highest BCUT2D eigenvalue weighted by Crippen LogP contribution is 2.39. The van der Waals surface area contributed by atoms with Crippen LogP contribution in [0, 0.1) is 5.82 Å². The van der Waals surface area contributed by atoms with Crippen LogP contribution in [0.5, 0.6) is 0 Å². The Balaban J connectivity index is 1.72. The van der Waals surface area contributed by atoms with Gasteiger partial charge in [-0.15, -0.1) is 0 Å². The van der Waals surface area contributed by atoms with Crippen molar-refractivity contribution in [1.82, 2.24) is 5.32 Å². The lowest BCUT2D eigenvalue weighted by atomic mass is 9.94. The molecule has 0 heterocycles. The van der Waals surface area contributed by atoms with Crippen LogP contribution in [-0.2, 0) is 16.0 Å². The van der Waals surface area contributed by atoms with Gasteiger partial charge in [-0.2, -0.15) is 0 Å². The average Bonchev–Trinajstić information content (AvgIpc) is 3.03. The summed E-state index contributed by atoms with van der Waals surface area (Å²) in [5.41, 5.74) is 12.8. The number of fused-ring (bicyclic) bond motifs is 1. The molecule has 2 unspecified atom stereocenters. The van der Waals surface area contributed by atoms with E-state index in [-0.39, 0.29) is 28.6 Å². The highest BCUT2D eigenvalue weighted by Gasteiger charge is 2.35. The normalized spacial score (nSPS) is 17.2. The Hall–Kier alpha value is -2.84. The maximum atomic E-state index is 13.5. The Labute approximate surface area is 182 Å². The van der Waals surface area contributed by atoms with Gasteiger partial charge in [0.05, 0.1) is 5.02 Å². The van der Waals surface area contributed by atoms with Crippen molar-refractivity contribution in [3.8, 4) is 0 Å². The molecule has 2 atom stereocenters. The van der Waals surface area contributed by atoms with E-state index in [4.69, 9.17) is 34.7 Å². The summed E-state index contributed by atoms with van der Waals surface area (Å²) in [6.07, 6.45) is 1.02. The fourth-order valence-electron chi connectivity index (χ4n) is 3.55. The van der Waals surface area contributed by atoms with E-state index in [1.165, 1.54) is 12.1 Å². The molecule has 0 aliphatic heterocycles. The number of guanidine groups is 1. The summed E-state index contributed by atoms with van der Waals surface area (Å²) in [6.45, 7) is 0.363. The number of nitrogens with two attached hydrogens (primary N) is 2. The van der Waals surface area contributed by atoms with Crippen LogP contribution < -0.4 is 22.1 Å². The third kappa shape index (κ3) is 5.01. The molecular weight excluding hydrogens is 432 g/mol. The van der Waals surface area contributed by atoms with E-state index in [0.717, 1.165) is 17.2 Å². The number of halogens is 3. The Morgan fingerprint density at radius 2 is 1.90 bits per heavy atom. The summed E-state index contributed by atoms with van der Waals surface area (Å²) >= 11 is 11.9. The second-order valence-electron chi connectivity index (χ2n) is 6.88. The summed E-state index contributed by atoms with van der Waals surface area (Å²) < 4.78 is 13.5. The molecule has 3 rings (SSSR count). The molecule has 2 aromatic carbocycles. The van der Waals surface area contributed by atoms with Gasteiger partial charge in [0.15, 0.2) is 5.96 Å². The maximum absolute atomic E-state index is 13.5. The second-order valence-corrected chi connectivity index (χ2v) is 7.69. The van der Waals surface area contributed by atoms with Crippen LogP contribution >= 0.6 is 23.2 Å². The van der Waals surface area contributed by atoms with Crippen molar-refractivity contribution in [2.45, 2.75) is 24.8 Å². The third-order valence-corrected chi connectivity index (χ3v) is 5.56. The lowest BCUT2D eigenvalue weighted by molar-refractivity contribution is -0.136. The number of carbonyl (C=O) groups is 2. The number of aliphatic imine (C=N–C) groups is 1. The molecule has 0 spiro atoms. The van der Waals surface area contributed by atoms with Gasteiger partial charge in [0, 0.05) is 29.2 Å². The van der Waals surface area contributed by atoms with Crippen LogP contribution in [0.2, 0.25) is 10.0 Å². The first-order chi connectivity index (χ1) is 14.3. The zero-order valence-corrected chi connectivity index (χ0v) is 17.3. The van der Waals surface area contributed by atoms with Gasteiger partial charge in [-0.3, -0.25) is 14.6 Å². The van der Waals surface area contributed by atoms with E-state index in [0.29, 0.717) is 24.4 Å². The van der Waals surface area contributed by atoms with E-state index in [9.17, 15) is 14.0 Å². The molecular formula is C20H20Cl2FN5O2. The van der Waals surface area contributed by atoms with Crippen molar-refractivity contribution in [3.05, 3.63) is 63.4 Å². The van der Waals surface area contributed by atoms with Gasteiger partial charge in [0.2, 0.25) is 0 Å². The monoisotopic (exact) mass is 451 g/mol. The molecule has 0 saturated carbocycles. The molecule has 0 saturated heterocycles. The lowest BCUT2D eigenvalue weighted by Crippen LogP contribution is -2.44. The number of nitrogens with one attached hydrogen (secondary N) is 2. The number of hydrogen-bond acceptors (Lipinski definition) is 3. The van der Waals surface area contributed by atoms with E-state index >= 15 is 0 Å². The van der Waals surface area contributed by atoms with Gasteiger partial charge >= 0.3 is 11.8 Å². The summed E-state index contributed by atoms with van der Waals surface area (Å²) in [5.74, 6) is -2.59. The first-order valence-electron chi connectivity index (χ1n) is 9.16. The maximum Gasteiger partial charge on any atom is 0.313 e. The minimum Gasteiger partial charge on any atom is -0.370 e. The molecule has 6 N–H and O–H groups in total. The van der Waals surface area contributed by atoms with Crippen molar-refractivity contribution < 1.29 is 14.0 Å². The molecule has 0 radical (unpaired) electrons. The topological polar surface area (TPSA) is 123 Å². The summed E-state index contributed by atoms with van der Waals surface area (Å²) in [7, 11) is 0. The number of amides is 2. The number of carbonyl (C=O) groups excluding carboxylic acids is 2. The number of hydrogen-bond donors (Lipinski definition) is 4. The van der Waals surface area contributed by atoms with Gasteiger partial charge in [0.25, 0.3) is 0 Å². The zero-order valence-electron chi connectivity index (χ0n) is 15.8. The van der Waals surface area contributed by atoms with Crippen LogP contribution in [0.3, 0.4) is 0 Å². The van der Waals surface area contributed by atoms with Crippen molar-refractivity contribution in [2.75, 3.05) is 11.9 Å². The number of rotatable bonds is 5. The standard InChI is InChI=1S/C20H20Cl2FN5O2/c21-14-3-1-2-11-12(6-7-26-20(24)25)17(9-13(11)14)28-19(30)18(29)27-10-4-5-15(22)16(23)8-10/h1-5,8,12,17H,6-7,9H2,(H,27,29)(H,28,30)(H4,24,25,26). The second kappa shape index (κ2) is 9.32. The molecule has 7 nitrogen and oxygen atoms in total. The molecule has 0 aromatic heterocycles. The van der Waals surface area contributed by atoms with Crippen molar-refractivity contribution in [3.63, 3.8) is 0 Å². The smallest absolute Gasteiger partial charge is 0.313 e. The molecule has 2 amide bonds. The molecule has 10 heteroatoms. The van der Waals surface area contributed by atoms with Gasteiger partial charge in [-0.1, -0.05) is 35.3 Å². The largest absolute Gasteiger partial charge is 0.370 e. The average molecular weight is 452 g/mol. The van der Waals surface area contributed by atoms with Crippen molar-refractivity contribution in [1.29, 1.82) is 0 Å². The third-order valence-electron chi connectivity index (χ3n) is 4.90. The summed E-state index contributed by atoms with van der Waals surface area (Å²) in [6, 6.07) is 8.91. The van der Waals surface area contributed by atoms with Gasteiger partial charge in [0.1, 0.15) is 5.82 Å². The van der Waals surface area contributed by atoms with E-state index in [1.54, 1.807) is 6.07 Å². The van der Waals surface area contributed by atoms with Crippen LogP contribution in [0.1, 0.15) is 23.5 Å². The Bertz CT molecular complexity index is 1010. The molecule has 1 aliphatic rings. The molecule has 1 aliphatic carbocycles. The quantitative estimate of drug-likeness (QED) is 0.316. The Morgan fingerprint density at radius 1 is 1.13 bits per heavy atom. The van der Waals surface area contributed by atoms with Crippen molar-refractivity contribution in [2.24, 2.45) is 16.5 Å². The lowest BCUT2D eigenvalue weighted by Gasteiger charge is -2.21. The predicted molar refractivity (Wildman–Crippen MR) is 115 cm³/mol. The van der Waals surface area contributed by atoms with Gasteiger partial charge < -0.3 is 22.1 Å². The van der Waals surface area contributed by atoms with Gasteiger partial charge in [-0.05, 0) is 48.2 Å². The minimum absolute atomic E-state index is 0.0190. The molecule has 0 bridgehead atoms. The first-order valence-corrected chi connectivity index (χ1v) is 9.91. The SMILES string of the molecule is NC(N)=NCCC1c2cccc(Cl)c2CC1NC(=O)C(=O)Nc1ccc(Cl)c(F)c1. The Kier molecular flexibility index (Phi) is 6.79. The number of nitrogens with zero attached hydrogens (tertiary/aromatic N) is 1. The van der Waals surface area contributed by atoms with Crippen LogP contribution in [0.4, 0.5) is 10.1 Å². The van der Waals surface area contributed by atoms with Crippen molar-refractivity contribution >= 4 is 46.7 Å².